The molecule has 27 heavy (non-hydrogen) atoms. The number of aryl methyl sites for hydroxylation is 1. The smallest absolute Gasteiger partial charge is 0.237 e. The van der Waals surface area contributed by atoms with E-state index in [1.165, 1.54) is 17.3 Å². The van der Waals surface area contributed by atoms with E-state index in [2.05, 4.69) is 15.5 Å². The Hall–Kier alpha value is -2.02. The first-order chi connectivity index (χ1) is 12.8. The van der Waals surface area contributed by atoms with E-state index < -0.39 is 0 Å². The van der Waals surface area contributed by atoms with Crippen molar-refractivity contribution in [1.29, 1.82) is 0 Å². The molecule has 0 radical (unpaired) electrons. The number of nitrogens with zero attached hydrogens (tertiary/aromatic N) is 3. The number of thioether (sulfide) groups is 1. The summed E-state index contributed by atoms with van der Waals surface area (Å²) in [5.41, 5.74) is 2.69. The fourth-order valence-corrected chi connectivity index (χ4v) is 3.68. The van der Waals surface area contributed by atoms with Crippen LogP contribution in [-0.4, -0.2) is 25.9 Å². The molecule has 0 spiro atoms. The highest BCUT2D eigenvalue weighted by Crippen LogP contribution is 2.29. The third kappa shape index (κ3) is 4.64. The molecule has 1 heterocycles. The van der Waals surface area contributed by atoms with Gasteiger partial charge in [-0.15, -0.1) is 10.2 Å². The summed E-state index contributed by atoms with van der Waals surface area (Å²) in [7, 11) is 1.89. The zero-order chi connectivity index (χ0) is 19.6. The van der Waals surface area contributed by atoms with Crippen LogP contribution in [0.2, 0.25) is 10.0 Å². The molecule has 0 bridgehead atoms. The van der Waals surface area contributed by atoms with Crippen molar-refractivity contribution >= 4 is 46.6 Å². The van der Waals surface area contributed by atoms with Crippen LogP contribution in [0.1, 0.15) is 12.5 Å². The number of nitrogens with one attached hydrogen (secondary N) is 1. The summed E-state index contributed by atoms with van der Waals surface area (Å²) >= 11 is 13.3. The normalized spacial score (nSPS) is 12.0. The predicted octanol–water partition coefficient (Wildman–Crippen LogP) is 5.22. The fraction of sp³-hybridized carbons (Fsp3) is 0.211. The number of carbonyl (C=O) groups is 1. The number of rotatable bonds is 5. The summed E-state index contributed by atoms with van der Waals surface area (Å²) in [6.45, 7) is 3.85. The van der Waals surface area contributed by atoms with Crippen LogP contribution in [-0.2, 0) is 11.8 Å². The molecule has 0 aliphatic heterocycles. The second-order valence-corrected chi connectivity index (χ2v) is 8.26. The number of halogens is 2. The first-order valence-electron chi connectivity index (χ1n) is 8.24. The van der Waals surface area contributed by atoms with E-state index >= 15 is 0 Å². The predicted molar refractivity (Wildman–Crippen MR) is 112 cm³/mol. The maximum Gasteiger partial charge on any atom is 0.237 e. The first-order valence-corrected chi connectivity index (χ1v) is 9.87. The lowest BCUT2D eigenvalue weighted by Crippen LogP contribution is -2.23. The summed E-state index contributed by atoms with van der Waals surface area (Å²) in [4.78, 5) is 12.5. The number of anilines is 1. The van der Waals surface area contributed by atoms with Gasteiger partial charge in [-0.1, -0.05) is 64.8 Å². The van der Waals surface area contributed by atoms with Gasteiger partial charge in [0.15, 0.2) is 11.0 Å². The molecule has 2 aromatic carbocycles. The van der Waals surface area contributed by atoms with Gasteiger partial charge in [-0.25, -0.2) is 0 Å². The summed E-state index contributed by atoms with van der Waals surface area (Å²) in [5.74, 6) is 0.579. The summed E-state index contributed by atoms with van der Waals surface area (Å²) in [5, 5.41) is 12.5. The molecule has 0 aliphatic rings. The lowest BCUT2D eigenvalue weighted by molar-refractivity contribution is -0.115. The van der Waals surface area contributed by atoms with E-state index in [1.807, 2.05) is 49.7 Å². The number of benzene rings is 2. The molecule has 1 unspecified atom stereocenters. The van der Waals surface area contributed by atoms with Gasteiger partial charge >= 0.3 is 0 Å². The molecule has 140 valence electrons. The van der Waals surface area contributed by atoms with Crippen molar-refractivity contribution < 1.29 is 4.79 Å². The van der Waals surface area contributed by atoms with E-state index in [4.69, 9.17) is 23.2 Å². The SMILES string of the molecule is Cc1ccc(-c2nnc(SC(C)C(=O)Nc3ccc(Cl)cc3Cl)n2C)cc1. The summed E-state index contributed by atoms with van der Waals surface area (Å²) in [6, 6.07) is 13.0. The Kier molecular flexibility index (Phi) is 6.09. The standard InChI is InChI=1S/C19H18Cl2N4OS/c1-11-4-6-13(7-5-11)17-23-24-19(25(17)3)27-12(2)18(26)22-16-9-8-14(20)10-15(16)21/h4-10,12H,1-3H3,(H,22,26). The van der Waals surface area contributed by atoms with Gasteiger partial charge in [0.05, 0.1) is 16.0 Å². The van der Waals surface area contributed by atoms with Crippen molar-refractivity contribution in [2.24, 2.45) is 7.05 Å². The molecule has 8 heteroatoms. The lowest BCUT2D eigenvalue weighted by atomic mass is 10.1. The van der Waals surface area contributed by atoms with Gasteiger partial charge in [-0.3, -0.25) is 4.79 Å². The van der Waals surface area contributed by atoms with Gasteiger partial charge in [0.25, 0.3) is 0 Å². The maximum absolute atomic E-state index is 12.5. The fourth-order valence-electron chi connectivity index (χ4n) is 2.41. The van der Waals surface area contributed by atoms with Crippen LogP contribution >= 0.6 is 35.0 Å². The number of amides is 1. The van der Waals surface area contributed by atoms with Gasteiger partial charge < -0.3 is 9.88 Å². The van der Waals surface area contributed by atoms with E-state index in [-0.39, 0.29) is 11.2 Å². The highest BCUT2D eigenvalue weighted by atomic mass is 35.5. The average Bonchev–Trinajstić information content (AvgIpc) is 2.98. The molecule has 3 aromatic rings. The summed E-state index contributed by atoms with van der Waals surface area (Å²) < 4.78 is 1.88. The van der Waals surface area contributed by atoms with Crippen LogP contribution in [0.4, 0.5) is 5.69 Å². The Morgan fingerprint density at radius 3 is 2.52 bits per heavy atom. The molecule has 3 rings (SSSR count). The largest absolute Gasteiger partial charge is 0.324 e. The third-order valence-corrected chi connectivity index (χ3v) is 5.67. The van der Waals surface area contributed by atoms with E-state index in [0.717, 1.165) is 11.4 Å². The van der Waals surface area contributed by atoms with Crippen LogP contribution in [0.5, 0.6) is 0 Å². The molecule has 0 fully saturated rings. The molecule has 0 aliphatic carbocycles. The van der Waals surface area contributed by atoms with Crippen molar-refractivity contribution in [1.82, 2.24) is 14.8 Å². The summed E-state index contributed by atoms with van der Waals surface area (Å²) in [6.07, 6.45) is 0. The Balaban J connectivity index is 1.71. The Bertz CT molecular complexity index is 972. The van der Waals surface area contributed by atoms with E-state index in [1.54, 1.807) is 18.2 Å². The Morgan fingerprint density at radius 1 is 1.15 bits per heavy atom. The van der Waals surface area contributed by atoms with Gasteiger partial charge in [0, 0.05) is 17.6 Å². The van der Waals surface area contributed by atoms with E-state index in [9.17, 15) is 4.79 Å². The zero-order valence-electron chi connectivity index (χ0n) is 15.0. The number of carbonyl (C=O) groups excluding carboxylic acids is 1. The van der Waals surface area contributed by atoms with Crippen LogP contribution in [0.15, 0.2) is 47.6 Å². The molecule has 1 N–H and O–H groups in total. The molecule has 0 saturated carbocycles. The quantitative estimate of drug-likeness (QED) is 0.574. The monoisotopic (exact) mass is 420 g/mol. The van der Waals surface area contributed by atoms with Crippen molar-refractivity contribution in [3.63, 3.8) is 0 Å². The van der Waals surface area contributed by atoms with Gasteiger partial charge in [0.1, 0.15) is 0 Å². The first kappa shape index (κ1) is 19.7. The Labute approximate surface area is 172 Å². The van der Waals surface area contributed by atoms with Crippen molar-refractivity contribution in [2.45, 2.75) is 24.3 Å². The van der Waals surface area contributed by atoms with Crippen molar-refractivity contribution in [2.75, 3.05) is 5.32 Å². The van der Waals surface area contributed by atoms with Gasteiger partial charge in [-0.2, -0.15) is 0 Å². The minimum absolute atomic E-state index is 0.177. The van der Waals surface area contributed by atoms with Crippen LogP contribution < -0.4 is 5.32 Å². The maximum atomic E-state index is 12.5. The van der Waals surface area contributed by atoms with E-state index in [0.29, 0.717) is 20.9 Å². The third-order valence-electron chi connectivity index (χ3n) is 3.99. The van der Waals surface area contributed by atoms with Crippen molar-refractivity contribution in [3.05, 3.63) is 58.1 Å². The van der Waals surface area contributed by atoms with Crippen LogP contribution in [0.3, 0.4) is 0 Å². The topological polar surface area (TPSA) is 59.8 Å². The second kappa shape index (κ2) is 8.33. The van der Waals surface area contributed by atoms with Crippen LogP contribution in [0.25, 0.3) is 11.4 Å². The number of hydrogen-bond acceptors (Lipinski definition) is 4. The minimum atomic E-state index is -0.384. The molecule has 1 aromatic heterocycles. The number of hydrogen-bond donors (Lipinski definition) is 1. The van der Waals surface area contributed by atoms with Gasteiger partial charge in [0.2, 0.25) is 5.91 Å². The molecular formula is C19H18Cl2N4OS. The molecule has 1 atom stereocenters. The zero-order valence-corrected chi connectivity index (χ0v) is 17.4. The van der Waals surface area contributed by atoms with Crippen LogP contribution in [0, 0.1) is 6.92 Å². The molecule has 1 amide bonds. The van der Waals surface area contributed by atoms with Crippen molar-refractivity contribution in [3.8, 4) is 11.4 Å². The number of aromatic nitrogens is 3. The highest BCUT2D eigenvalue weighted by molar-refractivity contribution is 8.00. The van der Waals surface area contributed by atoms with Gasteiger partial charge in [-0.05, 0) is 32.0 Å². The second-order valence-electron chi connectivity index (χ2n) is 6.10. The Morgan fingerprint density at radius 2 is 1.85 bits per heavy atom. The lowest BCUT2D eigenvalue weighted by Gasteiger charge is -2.13. The molecule has 5 nitrogen and oxygen atoms in total. The molecular weight excluding hydrogens is 403 g/mol. The average molecular weight is 421 g/mol. The molecule has 0 saturated heterocycles. The minimum Gasteiger partial charge on any atom is -0.324 e. The highest BCUT2D eigenvalue weighted by Gasteiger charge is 2.20.